The van der Waals surface area contributed by atoms with Crippen molar-refractivity contribution in [3.8, 4) is 0 Å². The summed E-state index contributed by atoms with van der Waals surface area (Å²) in [5.74, 6) is 0.783. The second-order valence-electron chi connectivity index (χ2n) is 4.66. The molecule has 1 saturated heterocycles. The van der Waals surface area contributed by atoms with Gasteiger partial charge in [0.25, 0.3) is 0 Å². The lowest BCUT2D eigenvalue weighted by Crippen LogP contribution is -2.36. The molecule has 0 saturated carbocycles. The van der Waals surface area contributed by atoms with Crippen LogP contribution in [0.1, 0.15) is 18.4 Å². The number of piperidine rings is 1. The molecule has 1 fully saturated rings. The van der Waals surface area contributed by atoms with Gasteiger partial charge in [-0.25, -0.2) is 0 Å². The van der Waals surface area contributed by atoms with E-state index in [9.17, 15) is 4.79 Å². The van der Waals surface area contributed by atoms with Gasteiger partial charge in [-0.15, -0.1) is 0 Å². The van der Waals surface area contributed by atoms with Crippen molar-refractivity contribution >= 4 is 5.91 Å². The molecule has 3 heteroatoms. The summed E-state index contributed by atoms with van der Waals surface area (Å²) in [4.78, 5) is 11.7. The smallest absolute Gasteiger partial charge is 0.224 e. The van der Waals surface area contributed by atoms with Crippen LogP contribution < -0.4 is 10.6 Å². The molecular formula is C14H20N2O. The van der Waals surface area contributed by atoms with E-state index in [-0.39, 0.29) is 5.91 Å². The maximum Gasteiger partial charge on any atom is 0.224 e. The molecule has 1 aromatic carbocycles. The van der Waals surface area contributed by atoms with E-state index in [4.69, 9.17) is 0 Å². The molecular weight excluding hydrogens is 212 g/mol. The molecule has 92 valence electrons. The highest BCUT2D eigenvalue weighted by atomic mass is 16.1. The zero-order chi connectivity index (χ0) is 11.9. The van der Waals surface area contributed by atoms with Crippen LogP contribution in [0, 0.1) is 5.92 Å². The molecule has 0 unspecified atom stereocenters. The molecule has 1 aromatic rings. The maximum atomic E-state index is 11.7. The molecule has 1 heterocycles. The average molecular weight is 232 g/mol. The van der Waals surface area contributed by atoms with E-state index in [0.29, 0.717) is 12.3 Å². The van der Waals surface area contributed by atoms with Gasteiger partial charge >= 0.3 is 0 Å². The highest BCUT2D eigenvalue weighted by Crippen LogP contribution is 2.09. The summed E-state index contributed by atoms with van der Waals surface area (Å²) in [7, 11) is 0. The molecule has 0 aromatic heterocycles. The minimum absolute atomic E-state index is 0.134. The number of carbonyl (C=O) groups is 1. The molecule has 2 N–H and O–H groups in total. The quantitative estimate of drug-likeness (QED) is 0.822. The van der Waals surface area contributed by atoms with E-state index < -0.39 is 0 Å². The zero-order valence-electron chi connectivity index (χ0n) is 10.1. The lowest BCUT2D eigenvalue weighted by Gasteiger charge is -2.22. The molecule has 0 radical (unpaired) electrons. The van der Waals surface area contributed by atoms with Crippen molar-refractivity contribution in [1.82, 2.24) is 10.6 Å². The SMILES string of the molecule is O=C(Cc1ccccc1)NCC1CCNCC1. The van der Waals surface area contributed by atoms with Gasteiger partial charge in [-0.05, 0) is 37.4 Å². The van der Waals surface area contributed by atoms with Crippen molar-refractivity contribution in [2.24, 2.45) is 5.92 Å². The van der Waals surface area contributed by atoms with Gasteiger partial charge in [0, 0.05) is 6.54 Å². The van der Waals surface area contributed by atoms with Crippen LogP contribution in [0.15, 0.2) is 30.3 Å². The number of carbonyl (C=O) groups excluding carboxylic acids is 1. The summed E-state index contributed by atoms with van der Waals surface area (Å²) in [5, 5.41) is 6.36. The Labute approximate surface area is 103 Å². The first kappa shape index (κ1) is 12.1. The highest BCUT2D eigenvalue weighted by molar-refractivity contribution is 5.78. The molecule has 0 spiro atoms. The fourth-order valence-corrected chi connectivity index (χ4v) is 2.19. The number of hydrogen-bond donors (Lipinski definition) is 2. The molecule has 2 rings (SSSR count). The van der Waals surface area contributed by atoms with Crippen LogP contribution in [-0.2, 0) is 11.2 Å². The van der Waals surface area contributed by atoms with Crippen molar-refractivity contribution in [2.75, 3.05) is 19.6 Å². The molecule has 0 atom stereocenters. The Morgan fingerprint density at radius 3 is 2.65 bits per heavy atom. The predicted molar refractivity (Wildman–Crippen MR) is 68.7 cm³/mol. The third-order valence-corrected chi connectivity index (χ3v) is 3.25. The van der Waals surface area contributed by atoms with Gasteiger partial charge in [0.15, 0.2) is 0 Å². The molecule has 1 aliphatic rings. The fourth-order valence-electron chi connectivity index (χ4n) is 2.19. The summed E-state index contributed by atoms with van der Waals surface area (Å²) in [5.41, 5.74) is 1.08. The fraction of sp³-hybridized carbons (Fsp3) is 0.500. The maximum absolute atomic E-state index is 11.7. The van der Waals surface area contributed by atoms with E-state index in [1.165, 1.54) is 12.8 Å². The molecule has 1 amide bonds. The van der Waals surface area contributed by atoms with Gasteiger partial charge < -0.3 is 10.6 Å². The molecule has 3 nitrogen and oxygen atoms in total. The number of nitrogens with one attached hydrogen (secondary N) is 2. The first-order valence-electron chi connectivity index (χ1n) is 6.36. The van der Waals surface area contributed by atoms with Crippen LogP contribution >= 0.6 is 0 Å². The Morgan fingerprint density at radius 1 is 1.24 bits per heavy atom. The first-order valence-corrected chi connectivity index (χ1v) is 6.36. The van der Waals surface area contributed by atoms with E-state index in [2.05, 4.69) is 10.6 Å². The van der Waals surface area contributed by atoms with Crippen LogP contribution in [-0.4, -0.2) is 25.5 Å². The van der Waals surface area contributed by atoms with E-state index in [1.807, 2.05) is 30.3 Å². The summed E-state index contributed by atoms with van der Waals surface area (Å²) >= 11 is 0. The summed E-state index contributed by atoms with van der Waals surface area (Å²) in [6.45, 7) is 2.99. The third kappa shape index (κ3) is 4.19. The number of benzene rings is 1. The Kier molecular flexibility index (Phi) is 4.56. The number of rotatable bonds is 4. The second-order valence-corrected chi connectivity index (χ2v) is 4.66. The minimum Gasteiger partial charge on any atom is -0.356 e. The largest absolute Gasteiger partial charge is 0.356 e. The summed E-state index contributed by atoms with van der Waals surface area (Å²) < 4.78 is 0. The van der Waals surface area contributed by atoms with Crippen molar-refractivity contribution in [3.63, 3.8) is 0 Å². The van der Waals surface area contributed by atoms with Crippen LogP contribution in [0.4, 0.5) is 0 Å². The van der Waals surface area contributed by atoms with Crippen molar-refractivity contribution in [2.45, 2.75) is 19.3 Å². The average Bonchev–Trinajstić information content (AvgIpc) is 2.39. The van der Waals surface area contributed by atoms with Crippen molar-refractivity contribution in [3.05, 3.63) is 35.9 Å². The van der Waals surface area contributed by atoms with E-state index in [0.717, 1.165) is 25.2 Å². The van der Waals surface area contributed by atoms with Gasteiger partial charge in [0.2, 0.25) is 5.91 Å². The molecule has 0 bridgehead atoms. The van der Waals surface area contributed by atoms with Crippen LogP contribution in [0.3, 0.4) is 0 Å². The number of hydrogen-bond acceptors (Lipinski definition) is 2. The Hall–Kier alpha value is -1.35. The second kappa shape index (κ2) is 6.40. The van der Waals surface area contributed by atoms with Crippen LogP contribution in [0.2, 0.25) is 0 Å². The Bertz CT molecular complexity index is 344. The lowest BCUT2D eigenvalue weighted by atomic mass is 9.98. The Morgan fingerprint density at radius 2 is 1.94 bits per heavy atom. The van der Waals surface area contributed by atoms with Gasteiger partial charge in [-0.3, -0.25) is 4.79 Å². The normalized spacial score (nSPS) is 16.7. The van der Waals surface area contributed by atoms with Gasteiger partial charge in [-0.1, -0.05) is 30.3 Å². The van der Waals surface area contributed by atoms with Crippen LogP contribution in [0.25, 0.3) is 0 Å². The third-order valence-electron chi connectivity index (χ3n) is 3.25. The van der Waals surface area contributed by atoms with Crippen molar-refractivity contribution < 1.29 is 4.79 Å². The zero-order valence-corrected chi connectivity index (χ0v) is 10.1. The predicted octanol–water partition coefficient (Wildman–Crippen LogP) is 1.34. The Balaban J connectivity index is 1.70. The lowest BCUT2D eigenvalue weighted by molar-refractivity contribution is -0.120. The number of amides is 1. The standard InChI is InChI=1S/C14H20N2O/c17-14(10-12-4-2-1-3-5-12)16-11-13-6-8-15-9-7-13/h1-5,13,15H,6-11H2,(H,16,17). The monoisotopic (exact) mass is 232 g/mol. The van der Waals surface area contributed by atoms with Crippen molar-refractivity contribution in [1.29, 1.82) is 0 Å². The van der Waals surface area contributed by atoms with Crippen LogP contribution in [0.5, 0.6) is 0 Å². The van der Waals surface area contributed by atoms with Gasteiger partial charge in [0.05, 0.1) is 6.42 Å². The van der Waals surface area contributed by atoms with E-state index in [1.54, 1.807) is 0 Å². The summed E-state index contributed by atoms with van der Waals surface area (Å²) in [6.07, 6.45) is 2.84. The van der Waals surface area contributed by atoms with Gasteiger partial charge in [-0.2, -0.15) is 0 Å². The highest BCUT2D eigenvalue weighted by Gasteiger charge is 2.13. The minimum atomic E-state index is 0.134. The topological polar surface area (TPSA) is 41.1 Å². The summed E-state index contributed by atoms with van der Waals surface area (Å²) in [6, 6.07) is 9.88. The molecule has 0 aliphatic carbocycles. The molecule has 1 aliphatic heterocycles. The molecule has 17 heavy (non-hydrogen) atoms. The first-order chi connectivity index (χ1) is 8.34. The van der Waals surface area contributed by atoms with Gasteiger partial charge in [0.1, 0.15) is 0 Å². The van der Waals surface area contributed by atoms with E-state index >= 15 is 0 Å².